The molecule has 1 amide bonds. The van der Waals surface area contributed by atoms with Crippen molar-refractivity contribution in [1.29, 1.82) is 0 Å². The predicted molar refractivity (Wildman–Crippen MR) is 104 cm³/mol. The molecule has 1 N–H and O–H groups in total. The molecule has 0 saturated carbocycles. The van der Waals surface area contributed by atoms with Gasteiger partial charge in [0.05, 0.1) is 16.8 Å². The lowest BCUT2D eigenvalue weighted by Crippen LogP contribution is -2.12. The van der Waals surface area contributed by atoms with Gasteiger partial charge in [0, 0.05) is 6.42 Å². The van der Waals surface area contributed by atoms with Gasteiger partial charge in [-0.1, -0.05) is 29.5 Å². The molecule has 0 aliphatic rings. The summed E-state index contributed by atoms with van der Waals surface area (Å²) >= 11 is 1.51. The van der Waals surface area contributed by atoms with Crippen molar-refractivity contribution >= 4 is 32.6 Å². The zero-order valence-corrected chi connectivity index (χ0v) is 15.6. The van der Waals surface area contributed by atoms with Gasteiger partial charge in [-0.2, -0.15) is 0 Å². The van der Waals surface area contributed by atoms with Crippen LogP contribution < -0.4 is 10.1 Å². The lowest BCUT2D eigenvalue weighted by Gasteiger charge is -2.09. The van der Waals surface area contributed by atoms with Crippen LogP contribution in [0, 0.1) is 20.8 Å². The number of thiazole rings is 1. The van der Waals surface area contributed by atoms with E-state index in [1.54, 1.807) is 0 Å². The van der Waals surface area contributed by atoms with Crippen molar-refractivity contribution in [3.63, 3.8) is 0 Å². The van der Waals surface area contributed by atoms with E-state index >= 15 is 0 Å². The third-order valence-corrected chi connectivity index (χ3v) is 4.87. The van der Waals surface area contributed by atoms with E-state index in [0.29, 0.717) is 24.6 Å². The Kier molecular flexibility index (Phi) is 5.34. The van der Waals surface area contributed by atoms with Crippen molar-refractivity contribution in [2.45, 2.75) is 33.6 Å². The van der Waals surface area contributed by atoms with Crippen molar-refractivity contribution in [3.05, 3.63) is 53.1 Å². The van der Waals surface area contributed by atoms with Crippen LogP contribution in [0.25, 0.3) is 10.2 Å². The van der Waals surface area contributed by atoms with Gasteiger partial charge in [0.25, 0.3) is 0 Å². The largest absolute Gasteiger partial charge is 0.493 e. The first kappa shape index (κ1) is 17.4. The molecule has 130 valence electrons. The van der Waals surface area contributed by atoms with Crippen LogP contribution in [0.15, 0.2) is 36.4 Å². The third-order valence-electron chi connectivity index (χ3n) is 3.94. The molecule has 0 radical (unpaired) electrons. The second kappa shape index (κ2) is 7.66. The fraction of sp³-hybridized carbons (Fsp3) is 0.300. The normalized spacial score (nSPS) is 10.8. The molecule has 4 nitrogen and oxygen atoms in total. The van der Waals surface area contributed by atoms with E-state index in [4.69, 9.17) is 4.74 Å². The number of hydrogen-bond acceptors (Lipinski definition) is 4. The summed E-state index contributed by atoms with van der Waals surface area (Å²) in [4.78, 5) is 16.5. The molecule has 0 spiro atoms. The van der Waals surface area contributed by atoms with Gasteiger partial charge in [-0.15, -0.1) is 0 Å². The summed E-state index contributed by atoms with van der Waals surface area (Å²) in [7, 11) is 0. The Bertz CT molecular complexity index is 902. The van der Waals surface area contributed by atoms with Crippen molar-refractivity contribution in [2.75, 3.05) is 11.9 Å². The fourth-order valence-corrected chi connectivity index (χ4v) is 3.52. The highest BCUT2D eigenvalue weighted by Crippen LogP contribution is 2.26. The van der Waals surface area contributed by atoms with Gasteiger partial charge in [-0.05, 0) is 62.1 Å². The number of aromatic nitrogens is 1. The number of amides is 1. The number of nitrogens with zero attached hydrogens (tertiary/aromatic N) is 1. The molecular weight excluding hydrogens is 332 g/mol. The van der Waals surface area contributed by atoms with E-state index in [-0.39, 0.29) is 5.91 Å². The van der Waals surface area contributed by atoms with Crippen LogP contribution in [0.1, 0.15) is 29.5 Å². The number of carbonyl (C=O) groups is 1. The number of anilines is 1. The van der Waals surface area contributed by atoms with E-state index in [1.165, 1.54) is 22.5 Å². The molecule has 0 saturated heterocycles. The highest BCUT2D eigenvalue weighted by molar-refractivity contribution is 7.22. The van der Waals surface area contributed by atoms with Crippen LogP contribution in [0.5, 0.6) is 5.75 Å². The van der Waals surface area contributed by atoms with Crippen molar-refractivity contribution in [2.24, 2.45) is 0 Å². The minimum Gasteiger partial charge on any atom is -0.493 e. The maximum absolute atomic E-state index is 12.1. The van der Waals surface area contributed by atoms with Crippen LogP contribution in [-0.4, -0.2) is 17.5 Å². The summed E-state index contributed by atoms with van der Waals surface area (Å²) in [6.07, 6.45) is 1.09. The molecule has 0 bridgehead atoms. The maximum Gasteiger partial charge on any atom is 0.226 e. The summed E-state index contributed by atoms with van der Waals surface area (Å²) in [6, 6.07) is 12.2. The molecule has 0 unspecified atom stereocenters. The maximum atomic E-state index is 12.1. The Labute approximate surface area is 151 Å². The zero-order valence-electron chi connectivity index (χ0n) is 14.8. The SMILES string of the molecule is Cc1ccc(C)c(OCCCC(=O)Nc2nc3ccc(C)cc3s2)c1. The Morgan fingerprint density at radius 2 is 1.88 bits per heavy atom. The van der Waals surface area contributed by atoms with E-state index < -0.39 is 0 Å². The van der Waals surface area contributed by atoms with E-state index in [9.17, 15) is 4.79 Å². The minimum absolute atomic E-state index is 0.0275. The standard InChI is InChI=1S/C20H22N2O2S/c1-13-6-8-15(3)17(11-13)24-10-4-5-19(23)22-20-21-16-9-7-14(2)12-18(16)25-20/h6-9,11-12H,4-5,10H2,1-3H3,(H,21,22,23). The first-order valence-corrected chi connectivity index (χ1v) is 9.20. The number of nitrogens with one attached hydrogen (secondary N) is 1. The first-order chi connectivity index (χ1) is 12.0. The van der Waals surface area contributed by atoms with Crippen LogP contribution in [0.4, 0.5) is 5.13 Å². The molecule has 3 rings (SSSR count). The smallest absolute Gasteiger partial charge is 0.226 e. The van der Waals surface area contributed by atoms with Crippen LogP contribution in [0.3, 0.4) is 0 Å². The Balaban J connectivity index is 1.48. The average molecular weight is 354 g/mol. The molecule has 0 atom stereocenters. The van der Waals surface area contributed by atoms with Crippen LogP contribution in [0.2, 0.25) is 0 Å². The summed E-state index contributed by atoms with van der Waals surface area (Å²) in [5.74, 6) is 0.863. The lowest BCUT2D eigenvalue weighted by molar-refractivity contribution is -0.116. The van der Waals surface area contributed by atoms with Gasteiger partial charge in [0.1, 0.15) is 5.75 Å². The molecule has 2 aromatic carbocycles. The monoisotopic (exact) mass is 354 g/mol. The molecule has 0 fully saturated rings. The molecule has 0 aliphatic heterocycles. The number of hydrogen-bond donors (Lipinski definition) is 1. The fourth-order valence-electron chi connectivity index (χ4n) is 2.54. The molecule has 1 heterocycles. The van der Waals surface area contributed by atoms with Gasteiger partial charge in [0.2, 0.25) is 5.91 Å². The van der Waals surface area contributed by atoms with Crippen LogP contribution >= 0.6 is 11.3 Å². The molecular formula is C20H22N2O2S. The number of aryl methyl sites for hydroxylation is 3. The Hall–Kier alpha value is -2.40. The van der Waals surface area contributed by atoms with Crippen LogP contribution in [-0.2, 0) is 4.79 Å². The number of rotatable bonds is 6. The first-order valence-electron chi connectivity index (χ1n) is 8.38. The van der Waals surface area contributed by atoms with E-state index in [2.05, 4.69) is 22.4 Å². The summed E-state index contributed by atoms with van der Waals surface area (Å²) < 4.78 is 6.88. The summed E-state index contributed by atoms with van der Waals surface area (Å²) in [6.45, 7) is 6.64. The van der Waals surface area contributed by atoms with E-state index in [1.807, 2.05) is 45.0 Å². The average Bonchev–Trinajstić information content (AvgIpc) is 2.95. The molecule has 0 aliphatic carbocycles. The second-order valence-corrected chi connectivity index (χ2v) is 7.29. The molecule has 1 aromatic heterocycles. The number of carbonyl (C=O) groups excluding carboxylic acids is 1. The number of fused-ring (bicyclic) bond motifs is 1. The minimum atomic E-state index is -0.0275. The van der Waals surface area contributed by atoms with Gasteiger partial charge in [-0.25, -0.2) is 4.98 Å². The highest BCUT2D eigenvalue weighted by atomic mass is 32.1. The molecule has 3 aromatic rings. The quantitative estimate of drug-likeness (QED) is 0.632. The number of ether oxygens (including phenoxy) is 1. The van der Waals surface area contributed by atoms with Crippen molar-refractivity contribution < 1.29 is 9.53 Å². The zero-order chi connectivity index (χ0) is 17.8. The highest BCUT2D eigenvalue weighted by Gasteiger charge is 2.08. The van der Waals surface area contributed by atoms with Gasteiger partial charge < -0.3 is 10.1 Å². The van der Waals surface area contributed by atoms with Gasteiger partial charge >= 0.3 is 0 Å². The predicted octanol–water partition coefficient (Wildman–Crippen LogP) is 5.02. The molecule has 5 heteroatoms. The van der Waals surface area contributed by atoms with Crippen molar-refractivity contribution in [3.8, 4) is 5.75 Å². The van der Waals surface area contributed by atoms with Gasteiger partial charge in [-0.3, -0.25) is 4.79 Å². The van der Waals surface area contributed by atoms with E-state index in [0.717, 1.165) is 21.5 Å². The Morgan fingerprint density at radius 1 is 1.12 bits per heavy atom. The Morgan fingerprint density at radius 3 is 2.72 bits per heavy atom. The molecule has 25 heavy (non-hydrogen) atoms. The topological polar surface area (TPSA) is 51.2 Å². The lowest BCUT2D eigenvalue weighted by atomic mass is 10.1. The second-order valence-electron chi connectivity index (χ2n) is 6.26. The summed E-state index contributed by atoms with van der Waals surface area (Å²) in [5, 5.41) is 3.54. The van der Waals surface area contributed by atoms with Gasteiger partial charge in [0.15, 0.2) is 5.13 Å². The summed E-state index contributed by atoms with van der Waals surface area (Å²) in [5.41, 5.74) is 4.39. The van der Waals surface area contributed by atoms with Crippen molar-refractivity contribution in [1.82, 2.24) is 4.98 Å². The third kappa shape index (κ3) is 4.57. The number of benzene rings is 2.